The second-order valence-electron chi connectivity index (χ2n) is 6.93. The molecule has 0 saturated heterocycles. The summed E-state index contributed by atoms with van der Waals surface area (Å²) in [7, 11) is 0. The molecule has 1 amide bonds. The predicted octanol–water partition coefficient (Wildman–Crippen LogP) is 4.36. The van der Waals surface area contributed by atoms with Gasteiger partial charge >= 0.3 is 0 Å². The molecule has 0 aliphatic rings. The number of aromatic nitrogens is 1. The Labute approximate surface area is 165 Å². The van der Waals surface area contributed by atoms with Crippen LogP contribution in [0.15, 0.2) is 79.1 Å². The molecule has 3 rings (SSSR count). The summed E-state index contributed by atoms with van der Waals surface area (Å²) in [6.07, 6.45) is 4.59. The number of benzene rings is 2. The van der Waals surface area contributed by atoms with Crippen molar-refractivity contribution in [2.75, 3.05) is 5.32 Å². The van der Waals surface area contributed by atoms with E-state index in [0.29, 0.717) is 17.0 Å². The average molecular weight is 373 g/mol. The summed E-state index contributed by atoms with van der Waals surface area (Å²) >= 11 is 0. The molecule has 1 heterocycles. The highest BCUT2D eigenvalue weighted by Crippen LogP contribution is 2.20. The number of rotatable bonds is 7. The monoisotopic (exact) mass is 373 g/mol. The molecule has 4 nitrogen and oxygen atoms in total. The van der Waals surface area contributed by atoms with E-state index in [9.17, 15) is 9.59 Å². The molecule has 142 valence electrons. The molecule has 0 aliphatic heterocycles. The van der Waals surface area contributed by atoms with Gasteiger partial charge in [-0.05, 0) is 30.0 Å². The van der Waals surface area contributed by atoms with Gasteiger partial charge in [0.1, 0.15) is 0 Å². The molecule has 0 unspecified atom stereocenters. The lowest BCUT2D eigenvalue weighted by Gasteiger charge is -2.10. The third-order valence-corrected chi connectivity index (χ3v) is 4.89. The van der Waals surface area contributed by atoms with Gasteiger partial charge < -0.3 is 5.32 Å². The van der Waals surface area contributed by atoms with Crippen LogP contribution in [0.1, 0.15) is 47.7 Å². The summed E-state index contributed by atoms with van der Waals surface area (Å²) in [4.78, 5) is 24.7. The first kappa shape index (κ1) is 19.5. The molecule has 28 heavy (non-hydrogen) atoms. The minimum absolute atomic E-state index is 0.0291. The van der Waals surface area contributed by atoms with Crippen molar-refractivity contribution >= 4 is 17.4 Å². The molecular weight excluding hydrogens is 348 g/mol. The zero-order chi connectivity index (χ0) is 19.9. The molecule has 2 aromatic carbocycles. The summed E-state index contributed by atoms with van der Waals surface area (Å²) in [5.74, 6) is 0.374. The molecule has 0 spiro atoms. The third kappa shape index (κ3) is 4.92. The first-order valence-electron chi connectivity index (χ1n) is 9.55. The molecular formula is C24H25N2O2+. The summed E-state index contributed by atoms with van der Waals surface area (Å²) in [5.41, 5.74) is 3.31. The predicted molar refractivity (Wildman–Crippen MR) is 110 cm³/mol. The summed E-state index contributed by atoms with van der Waals surface area (Å²) < 4.78 is 1.75. The lowest BCUT2D eigenvalue weighted by Crippen LogP contribution is -2.39. The van der Waals surface area contributed by atoms with Crippen molar-refractivity contribution in [2.45, 2.75) is 32.7 Å². The SMILES string of the molecule is CC[C@@H](C)c1ccc(NC(=O)C[n+]2ccc(C(=O)c3ccccc3)cc2)cc1. The maximum Gasteiger partial charge on any atom is 0.290 e. The van der Waals surface area contributed by atoms with Gasteiger partial charge in [-0.2, -0.15) is 4.57 Å². The highest BCUT2D eigenvalue weighted by atomic mass is 16.2. The number of pyridine rings is 1. The number of carbonyl (C=O) groups is 2. The smallest absolute Gasteiger partial charge is 0.290 e. The van der Waals surface area contributed by atoms with Crippen molar-refractivity contribution in [1.82, 2.24) is 0 Å². The Morgan fingerprint density at radius 2 is 1.50 bits per heavy atom. The van der Waals surface area contributed by atoms with E-state index in [-0.39, 0.29) is 18.2 Å². The number of anilines is 1. The van der Waals surface area contributed by atoms with E-state index in [1.54, 1.807) is 41.2 Å². The zero-order valence-corrected chi connectivity index (χ0v) is 16.3. The van der Waals surface area contributed by atoms with Crippen molar-refractivity contribution in [1.29, 1.82) is 0 Å². The van der Waals surface area contributed by atoms with Gasteiger partial charge in [-0.15, -0.1) is 0 Å². The fourth-order valence-corrected chi connectivity index (χ4v) is 2.97. The fraction of sp³-hybridized carbons (Fsp3) is 0.208. The largest absolute Gasteiger partial charge is 0.321 e. The maximum atomic E-state index is 12.4. The van der Waals surface area contributed by atoms with Gasteiger partial charge in [0.2, 0.25) is 6.54 Å². The van der Waals surface area contributed by atoms with Crippen molar-refractivity contribution in [3.63, 3.8) is 0 Å². The Bertz CT molecular complexity index is 933. The van der Waals surface area contributed by atoms with Crippen LogP contribution in [-0.2, 0) is 11.3 Å². The minimum Gasteiger partial charge on any atom is -0.321 e. The summed E-state index contributed by atoms with van der Waals surface area (Å²) in [6, 6.07) is 20.6. The summed E-state index contributed by atoms with van der Waals surface area (Å²) in [6.45, 7) is 4.54. The highest BCUT2D eigenvalue weighted by molar-refractivity contribution is 6.08. The van der Waals surface area contributed by atoms with Crippen LogP contribution in [0.5, 0.6) is 0 Å². The normalized spacial score (nSPS) is 11.6. The van der Waals surface area contributed by atoms with Crippen molar-refractivity contribution in [2.24, 2.45) is 0 Å². The van der Waals surface area contributed by atoms with Gasteiger partial charge in [0.25, 0.3) is 5.91 Å². The minimum atomic E-state index is -0.108. The number of nitrogens with one attached hydrogen (secondary N) is 1. The van der Waals surface area contributed by atoms with Crippen LogP contribution in [-0.4, -0.2) is 11.7 Å². The van der Waals surface area contributed by atoms with Crippen LogP contribution in [0.3, 0.4) is 0 Å². The number of amides is 1. The molecule has 0 bridgehead atoms. The Morgan fingerprint density at radius 3 is 2.11 bits per heavy atom. The van der Waals surface area contributed by atoms with Crippen molar-refractivity contribution < 1.29 is 14.2 Å². The average Bonchev–Trinajstić information content (AvgIpc) is 2.74. The molecule has 1 N–H and O–H groups in total. The topological polar surface area (TPSA) is 50.1 Å². The number of nitrogens with zero attached hydrogens (tertiary/aromatic N) is 1. The molecule has 0 saturated carbocycles. The second-order valence-corrected chi connectivity index (χ2v) is 6.93. The Morgan fingerprint density at radius 1 is 0.893 bits per heavy atom. The van der Waals surface area contributed by atoms with Gasteiger partial charge in [-0.3, -0.25) is 9.59 Å². The molecule has 0 radical (unpaired) electrons. The van der Waals surface area contributed by atoms with Crippen LogP contribution in [0.2, 0.25) is 0 Å². The highest BCUT2D eigenvalue weighted by Gasteiger charge is 2.13. The van der Waals surface area contributed by atoms with E-state index in [1.165, 1.54) is 5.56 Å². The number of hydrogen-bond donors (Lipinski definition) is 1. The Kier molecular flexibility index (Phi) is 6.33. The van der Waals surface area contributed by atoms with Crippen molar-refractivity contribution in [3.8, 4) is 0 Å². The number of carbonyl (C=O) groups excluding carboxylic acids is 2. The lowest BCUT2D eigenvalue weighted by molar-refractivity contribution is -0.684. The Hall–Kier alpha value is -3.27. The molecule has 1 atom stereocenters. The third-order valence-electron chi connectivity index (χ3n) is 4.89. The van der Waals surface area contributed by atoms with Gasteiger partial charge in [-0.25, -0.2) is 0 Å². The van der Waals surface area contributed by atoms with Crippen LogP contribution in [0.4, 0.5) is 5.69 Å². The van der Waals surface area contributed by atoms with E-state index in [0.717, 1.165) is 12.1 Å². The van der Waals surface area contributed by atoms with E-state index < -0.39 is 0 Å². The number of ketones is 1. The van der Waals surface area contributed by atoms with Crippen LogP contribution in [0, 0.1) is 0 Å². The lowest BCUT2D eigenvalue weighted by atomic mass is 9.99. The number of hydrogen-bond acceptors (Lipinski definition) is 2. The molecule has 0 aliphatic carbocycles. The van der Waals surface area contributed by atoms with E-state index >= 15 is 0 Å². The fourth-order valence-electron chi connectivity index (χ4n) is 2.97. The molecule has 1 aromatic heterocycles. The molecule has 4 heteroatoms. The van der Waals surface area contributed by atoms with Gasteiger partial charge in [0, 0.05) is 28.9 Å². The summed E-state index contributed by atoms with van der Waals surface area (Å²) in [5, 5.41) is 2.91. The van der Waals surface area contributed by atoms with Crippen LogP contribution in [0.25, 0.3) is 0 Å². The van der Waals surface area contributed by atoms with Crippen LogP contribution >= 0.6 is 0 Å². The van der Waals surface area contributed by atoms with Gasteiger partial charge in [0.15, 0.2) is 18.2 Å². The molecule has 0 fully saturated rings. The standard InChI is InChI=1S/C24H24N2O2/c1-3-18(2)19-9-11-22(12-10-19)25-23(27)17-26-15-13-21(14-16-26)24(28)20-7-5-4-6-8-20/h4-16,18H,3,17H2,1-2H3/p+1/t18-/m1/s1. The second kappa shape index (κ2) is 9.09. The Balaban J connectivity index is 1.59. The first-order chi connectivity index (χ1) is 13.6. The maximum absolute atomic E-state index is 12.4. The van der Waals surface area contributed by atoms with Gasteiger partial charge in [-0.1, -0.05) is 56.3 Å². The van der Waals surface area contributed by atoms with E-state index in [1.807, 2.05) is 30.3 Å². The first-order valence-corrected chi connectivity index (χ1v) is 9.55. The van der Waals surface area contributed by atoms with E-state index in [4.69, 9.17) is 0 Å². The molecule has 3 aromatic rings. The van der Waals surface area contributed by atoms with Gasteiger partial charge in [0.05, 0.1) is 0 Å². The quantitative estimate of drug-likeness (QED) is 0.494. The van der Waals surface area contributed by atoms with E-state index in [2.05, 4.69) is 31.3 Å². The van der Waals surface area contributed by atoms with Crippen molar-refractivity contribution in [3.05, 3.63) is 95.8 Å². The van der Waals surface area contributed by atoms with Crippen LogP contribution < -0.4 is 9.88 Å². The zero-order valence-electron chi connectivity index (χ0n) is 16.3.